The third-order valence-electron chi connectivity index (χ3n) is 2.44. The summed E-state index contributed by atoms with van der Waals surface area (Å²) in [5.41, 5.74) is 10.0. The number of rotatable bonds is 2. The molecule has 0 spiro atoms. The Kier molecular flexibility index (Phi) is 2.88. The van der Waals surface area contributed by atoms with Crippen molar-refractivity contribution in [1.82, 2.24) is 0 Å². The Hall–Kier alpha value is -1.87. The molecule has 0 aromatic heterocycles. The van der Waals surface area contributed by atoms with E-state index in [-0.39, 0.29) is 0 Å². The van der Waals surface area contributed by atoms with Gasteiger partial charge in [0.25, 0.3) is 0 Å². The molecule has 0 fully saturated rings. The zero-order chi connectivity index (χ0) is 11.5. The maximum absolute atomic E-state index is 8.44. The van der Waals surface area contributed by atoms with Gasteiger partial charge in [-0.1, -0.05) is 19.0 Å². The summed E-state index contributed by atoms with van der Waals surface area (Å²) < 4.78 is 11.1. The van der Waals surface area contributed by atoms with Crippen molar-refractivity contribution in [3.8, 4) is 11.5 Å². The molecule has 16 heavy (non-hydrogen) atoms. The van der Waals surface area contributed by atoms with Gasteiger partial charge < -0.3 is 9.47 Å². The molecule has 0 amide bonds. The second-order valence-corrected chi connectivity index (χ2v) is 3.90. The highest BCUT2D eigenvalue weighted by atomic mass is 16.6. The van der Waals surface area contributed by atoms with Gasteiger partial charge in [-0.05, 0) is 23.6 Å². The van der Waals surface area contributed by atoms with Gasteiger partial charge in [0.05, 0.1) is 0 Å². The van der Waals surface area contributed by atoms with Crippen molar-refractivity contribution in [3.05, 3.63) is 28.1 Å². The number of azide groups is 1. The molecule has 84 valence electrons. The number of benzene rings is 1. The molecule has 0 aliphatic carbocycles. The summed E-state index contributed by atoms with van der Waals surface area (Å²) in [6.07, 6.45) is 0. The molecule has 1 heterocycles. The summed E-state index contributed by atoms with van der Waals surface area (Å²) in [5.74, 6) is 1.74. The van der Waals surface area contributed by atoms with Gasteiger partial charge in [0.1, 0.15) is 13.2 Å². The standard InChI is InChI=1S/C11H13N3O2/c1-7(2)9-5-8(13-14-12)6-10-11(9)16-4-3-15-10/h5-7H,3-4H2,1-2H3. The largest absolute Gasteiger partial charge is 0.486 e. The van der Waals surface area contributed by atoms with E-state index >= 15 is 0 Å². The van der Waals surface area contributed by atoms with Crippen LogP contribution in [0.3, 0.4) is 0 Å². The summed E-state index contributed by atoms with van der Waals surface area (Å²) in [5, 5.41) is 3.60. The molecule has 1 aromatic rings. The molecule has 0 unspecified atom stereocenters. The van der Waals surface area contributed by atoms with Crippen LogP contribution in [0.5, 0.6) is 11.5 Å². The van der Waals surface area contributed by atoms with Crippen LogP contribution in [0, 0.1) is 0 Å². The Morgan fingerprint density at radius 1 is 1.31 bits per heavy atom. The van der Waals surface area contributed by atoms with Crippen molar-refractivity contribution in [2.24, 2.45) is 5.11 Å². The predicted octanol–water partition coefficient (Wildman–Crippen LogP) is 3.52. The summed E-state index contributed by atoms with van der Waals surface area (Å²) in [6, 6.07) is 3.55. The number of ether oxygens (including phenoxy) is 2. The molecule has 1 aliphatic heterocycles. The topological polar surface area (TPSA) is 67.2 Å². The maximum atomic E-state index is 8.44. The third-order valence-corrected chi connectivity index (χ3v) is 2.44. The molecular formula is C11H13N3O2. The molecule has 0 bridgehead atoms. The number of hydrogen-bond acceptors (Lipinski definition) is 3. The van der Waals surface area contributed by atoms with E-state index in [1.54, 1.807) is 6.07 Å². The van der Waals surface area contributed by atoms with E-state index in [0.29, 0.717) is 30.6 Å². The van der Waals surface area contributed by atoms with Crippen molar-refractivity contribution < 1.29 is 9.47 Å². The van der Waals surface area contributed by atoms with Crippen molar-refractivity contribution >= 4 is 5.69 Å². The van der Waals surface area contributed by atoms with E-state index in [9.17, 15) is 0 Å². The molecule has 1 aliphatic rings. The third kappa shape index (κ3) is 1.90. The van der Waals surface area contributed by atoms with Gasteiger partial charge in [-0.25, -0.2) is 0 Å². The second-order valence-electron chi connectivity index (χ2n) is 3.90. The summed E-state index contributed by atoms with van der Waals surface area (Å²) in [7, 11) is 0. The first-order valence-electron chi connectivity index (χ1n) is 5.21. The zero-order valence-electron chi connectivity index (χ0n) is 9.30. The van der Waals surface area contributed by atoms with Crippen LogP contribution in [0.25, 0.3) is 10.4 Å². The summed E-state index contributed by atoms with van der Waals surface area (Å²) in [6.45, 7) is 5.22. The average Bonchev–Trinajstić information content (AvgIpc) is 2.28. The first-order chi connectivity index (χ1) is 7.72. The van der Waals surface area contributed by atoms with Crippen LogP contribution in [-0.2, 0) is 0 Å². The van der Waals surface area contributed by atoms with Crippen molar-refractivity contribution in [2.75, 3.05) is 13.2 Å². The Labute approximate surface area is 93.6 Å². The zero-order valence-corrected chi connectivity index (χ0v) is 9.30. The second kappa shape index (κ2) is 4.33. The molecule has 0 saturated heterocycles. The Bertz CT molecular complexity index is 451. The molecule has 5 nitrogen and oxygen atoms in total. The maximum Gasteiger partial charge on any atom is 0.164 e. The van der Waals surface area contributed by atoms with Crippen LogP contribution in [0.15, 0.2) is 17.2 Å². The fourth-order valence-corrected chi connectivity index (χ4v) is 1.70. The highest BCUT2D eigenvalue weighted by Crippen LogP contribution is 2.41. The lowest BCUT2D eigenvalue weighted by Gasteiger charge is -2.23. The molecule has 5 heteroatoms. The van der Waals surface area contributed by atoms with Crippen molar-refractivity contribution in [3.63, 3.8) is 0 Å². The van der Waals surface area contributed by atoms with Crippen LogP contribution < -0.4 is 9.47 Å². The highest BCUT2D eigenvalue weighted by molar-refractivity contribution is 5.58. The molecule has 0 atom stereocenters. The SMILES string of the molecule is CC(C)c1cc(N=[N+]=[N-])cc2c1OCCO2. The van der Waals surface area contributed by atoms with Gasteiger partial charge in [-0.3, -0.25) is 0 Å². The Morgan fingerprint density at radius 2 is 2.06 bits per heavy atom. The van der Waals surface area contributed by atoms with E-state index in [1.165, 1.54) is 0 Å². The summed E-state index contributed by atoms with van der Waals surface area (Å²) >= 11 is 0. The van der Waals surface area contributed by atoms with E-state index in [0.717, 1.165) is 11.3 Å². The average molecular weight is 219 g/mol. The quantitative estimate of drug-likeness (QED) is 0.434. The molecule has 0 N–H and O–H groups in total. The van der Waals surface area contributed by atoms with E-state index < -0.39 is 0 Å². The van der Waals surface area contributed by atoms with Crippen LogP contribution >= 0.6 is 0 Å². The van der Waals surface area contributed by atoms with Crippen LogP contribution in [-0.4, -0.2) is 13.2 Å². The van der Waals surface area contributed by atoms with Gasteiger partial charge in [0.15, 0.2) is 11.5 Å². The van der Waals surface area contributed by atoms with E-state index in [2.05, 4.69) is 23.9 Å². The van der Waals surface area contributed by atoms with Crippen LogP contribution in [0.1, 0.15) is 25.3 Å². The number of nitrogens with zero attached hydrogens (tertiary/aromatic N) is 3. The number of hydrogen-bond donors (Lipinski definition) is 0. The van der Waals surface area contributed by atoms with Gasteiger partial charge in [-0.2, -0.15) is 0 Å². The lowest BCUT2D eigenvalue weighted by Crippen LogP contribution is -2.16. The highest BCUT2D eigenvalue weighted by Gasteiger charge is 2.18. The fraction of sp³-hybridized carbons (Fsp3) is 0.455. The van der Waals surface area contributed by atoms with Crippen molar-refractivity contribution in [2.45, 2.75) is 19.8 Å². The molecule has 2 rings (SSSR count). The lowest BCUT2D eigenvalue weighted by molar-refractivity contribution is 0.169. The smallest absolute Gasteiger partial charge is 0.164 e. The minimum absolute atomic E-state index is 0.296. The minimum Gasteiger partial charge on any atom is -0.486 e. The van der Waals surface area contributed by atoms with Crippen molar-refractivity contribution in [1.29, 1.82) is 0 Å². The minimum atomic E-state index is 0.296. The first kappa shape index (κ1) is 10.6. The fourth-order valence-electron chi connectivity index (χ4n) is 1.70. The lowest BCUT2D eigenvalue weighted by atomic mass is 10.0. The van der Waals surface area contributed by atoms with Gasteiger partial charge in [0, 0.05) is 16.2 Å². The van der Waals surface area contributed by atoms with Crippen LogP contribution in [0.2, 0.25) is 0 Å². The van der Waals surface area contributed by atoms with Gasteiger partial charge in [-0.15, -0.1) is 0 Å². The molecule has 1 aromatic carbocycles. The van der Waals surface area contributed by atoms with Gasteiger partial charge in [0.2, 0.25) is 0 Å². The van der Waals surface area contributed by atoms with E-state index in [4.69, 9.17) is 15.0 Å². The first-order valence-corrected chi connectivity index (χ1v) is 5.21. The summed E-state index contributed by atoms with van der Waals surface area (Å²) in [4.78, 5) is 2.78. The Balaban J connectivity index is 2.56. The van der Waals surface area contributed by atoms with Gasteiger partial charge >= 0.3 is 0 Å². The monoisotopic (exact) mass is 219 g/mol. The van der Waals surface area contributed by atoms with Crippen LogP contribution in [0.4, 0.5) is 5.69 Å². The number of fused-ring (bicyclic) bond motifs is 1. The normalized spacial score (nSPS) is 13.4. The Morgan fingerprint density at radius 3 is 2.75 bits per heavy atom. The predicted molar refractivity (Wildman–Crippen MR) is 60.3 cm³/mol. The molecular weight excluding hydrogens is 206 g/mol. The molecule has 0 radical (unpaired) electrons. The van der Waals surface area contributed by atoms with E-state index in [1.807, 2.05) is 6.07 Å². The molecule has 0 saturated carbocycles.